The zero-order valence-electron chi connectivity index (χ0n) is 15.2. The summed E-state index contributed by atoms with van der Waals surface area (Å²) in [6.07, 6.45) is 0. The van der Waals surface area contributed by atoms with Gasteiger partial charge in [0.1, 0.15) is 0 Å². The molecule has 0 radical (unpaired) electrons. The summed E-state index contributed by atoms with van der Waals surface area (Å²) in [7, 11) is 4.28. The molecular weight excluding hydrogens is 332 g/mol. The topological polar surface area (TPSA) is 43.4 Å². The van der Waals surface area contributed by atoms with Crippen molar-refractivity contribution in [2.45, 2.75) is 13.1 Å². The van der Waals surface area contributed by atoms with E-state index in [9.17, 15) is 0 Å². The van der Waals surface area contributed by atoms with Crippen LogP contribution >= 0.6 is 0 Å². The molecule has 0 saturated carbocycles. The number of likely N-dealkylation sites (N-methyl/N-ethyl adjacent to an activating group) is 2. The summed E-state index contributed by atoms with van der Waals surface area (Å²) < 4.78 is 21.6. The van der Waals surface area contributed by atoms with Gasteiger partial charge in [0.2, 0.25) is 13.6 Å². The van der Waals surface area contributed by atoms with Gasteiger partial charge in [0.05, 0.1) is 0 Å². The van der Waals surface area contributed by atoms with Crippen molar-refractivity contribution in [3.63, 3.8) is 0 Å². The highest BCUT2D eigenvalue weighted by Crippen LogP contribution is 2.33. The molecule has 2 aromatic rings. The van der Waals surface area contributed by atoms with Gasteiger partial charge in [0, 0.05) is 26.2 Å². The summed E-state index contributed by atoms with van der Waals surface area (Å²) in [4.78, 5) is 4.63. The summed E-state index contributed by atoms with van der Waals surface area (Å²) in [5, 5.41) is 0. The SMILES string of the molecule is CN(CCN(C)Cc1ccc2c(c1)OCO2)Cc1ccc2c(c1)OCO2. The molecular formula is C20H24N2O4. The Morgan fingerprint density at radius 3 is 1.54 bits per heavy atom. The van der Waals surface area contributed by atoms with Gasteiger partial charge in [0.25, 0.3) is 0 Å². The minimum Gasteiger partial charge on any atom is -0.454 e. The highest BCUT2D eigenvalue weighted by atomic mass is 16.7. The number of hydrogen-bond acceptors (Lipinski definition) is 6. The molecule has 0 unspecified atom stereocenters. The Labute approximate surface area is 153 Å². The molecule has 0 aliphatic carbocycles. The molecule has 0 fully saturated rings. The van der Waals surface area contributed by atoms with Crippen molar-refractivity contribution in [3.05, 3.63) is 47.5 Å². The third kappa shape index (κ3) is 3.86. The first-order valence-corrected chi connectivity index (χ1v) is 8.81. The lowest BCUT2D eigenvalue weighted by Crippen LogP contribution is -2.30. The van der Waals surface area contributed by atoms with Crippen molar-refractivity contribution in [2.75, 3.05) is 40.8 Å². The summed E-state index contributed by atoms with van der Waals surface area (Å²) in [5.41, 5.74) is 2.46. The minimum atomic E-state index is 0.319. The summed E-state index contributed by atoms with van der Waals surface area (Å²) in [6.45, 7) is 4.37. The molecule has 0 saturated heterocycles. The molecule has 0 aromatic heterocycles. The van der Waals surface area contributed by atoms with Crippen LogP contribution in [0.4, 0.5) is 0 Å². The molecule has 2 aliphatic rings. The molecule has 0 spiro atoms. The third-order valence-corrected chi connectivity index (χ3v) is 4.64. The van der Waals surface area contributed by atoms with Gasteiger partial charge in [-0.25, -0.2) is 0 Å². The van der Waals surface area contributed by atoms with Crippen LogP contribution in [0.5, 0.6) is 23.0 Å². The Balaban J connectivity index is 1.25. The predicted molar refractivity (Wildman–Crippen MR) is 97.8 cm³/mol. The van der Waals surface area contributed by atoms with Gasteiger partial charge in [-0.3, -0.25) is 0 Å². The van der Waals surface area contributed by atoms with Gasteiger partial charge in [-0.05, 0) is 49.5 Å². The van der Waals surface area contributed by atoms with Crippen LogP contribution in [0.25, 0.3) is 0 Å². The lowest BCUT2D eigenvalue weighted by molar-refractivity contribution is 0.173. The summed E-state index contributed by atoms with van der Waals surface area (Å²) >= 11 is 0. The maximum Gasteiger partial charge on any atom is 0.231 e. The van der Waals surface area contributed by atoms with Gasteiger partial charge in [-0.2, -0.15) is 0 Å². The van der Waals surface area contributed by atoms with E-state index in [0.29, 0.717) is 13.6 Å². The highest BCUT2D eigenvalue weighted by Gasteiger charge is 2.15. The van der Waals surface area contributed by atoms with Crippen LogP contribution in [-0.4, -0.2) is 50.6 Å². The van der Waals surface area contributed by atoms with Gasteiger partial charge < -0.3 is 28.7 Å². The summed E-state index contributed by atoms with van der Waals surface area (Å²) in [6, 6.07) is 12.3. The van der Waals surface area contributed by atoms with Crippen LogP contribution in [0.15, 0.2) is 36.4 Å². The molecule has 0 bridgehead atoms. The Kier molecular flexibility index (Phi) is 4.86. The second kappa shape index (κ2) is 7.43. The van der Waals surface area contributed by atoms with Crippen molar-refractivity contribution in [2.24, 2.45) is 0 Å². The van der Waals surface area contributed by atoms with Gasteiger partial charge in [-0.15, -0.1) is 0 Å². The van der Waals surface area contributed by atoms with E-state index >= 15 is 0 Å². The highest BCUT2D eigenvalue weighted by molar-refractivity contribution is 5.45. The van der Waals surface area contributed by atoms with Crippen molar-refractivity contribution < 1.29 is 18.9 Å². The number of nitrogens with zero attached hydrogens (tertiary/aromatic N) is 2. The molecule has 2 aliphatic heterocycles. The quantitative estimate of drug-likeness (QED) is 0.760. The van der Waals surface area contributed by atoms with Crippen molar-refractivity contribution in [1.29, 1.82) is 0 Å². The normalized spacial score (nSPS) is 14.5. The minimum absolute atomic E-state index is 0.319. The largest absolute Gasteiger partial charge is 0.454 e. The molecule has 6 nitrogen and oxygen atoms in total. The molecule has 2 aromatic carbocycles. The fourth-order valence-corrected chi connectivity index (χ4v) is 3.20. The van der Waals surface area contributed by atoms with E-state index in [1.54, 1.807) is 0 Å². The number of rotatable bonds is 7. The molecule has 138 valence electrons. The van der Waals surface area contributed by atoms with Crippen LogP contribution < -0.4 is 18.9 Å². The first-order valence-electron chi connectivity index (χ1n) is 8.81. The Bertz CT molecular complexity index is 715. The fourth-order valence-electron chi connectivity index (χ4n) is 3.20. The van der Waals surface area contributed by atoms with E-state index in [2.05, 4.69) is 48.2 Å². The van der Waals surface area contributed by atoms with Crippen LogP contribution in [0, 0.1) is 0 Å². The maximum absolute atomic E-state index is 5.45. The Morgan fingerprint density at radius 2 is 1.08 bits per heavy atom. The fraction of sp³-hybridized carbons (Fsp3) is 0.400. The zero-order chi connectivity index (χ0) is 17.9. The molecule has 6 heteroatoms. The second-order valence-electron chi connectivity index (χ2n) is 6.85. The van der Waals surface area contributed by atoms with E-state index in [1.807, 2.05) is 12.1 Å². The van der Waals surface area contributed by atoms with E-state index in [4.69, 9.17) is 18.9 Å². The lowest BCUT2D eigenvalue weighted by atomic mass is 10.2. The van der Waals surface area contributed by atoms with E-state index in [0.717, 1.165) is 49.2 Å². The van der Waals surface area contributed by atoms with Gasteiger partial charge in [0.15, 0.2) is 23.0 Å². The predicted octanol–water partition coefficient (Wildman–Crippen LogP) is 2.71. The molecule has 4 rings (SSSR count). The lowest BCUT2D eigenvalue weighted by Gasteiger charge is -2.22. The number of hydrogen-bond donors (Lipinski definition) is 0. The first-order chi connectivity index (χ1) is 12.7. The Morgan fingerprint density at radius 1 is 0.654 bits per heavy atom. The molecule has 0 N–H and O–H groups in total. The first kappa shape index (κ1) is 17.0. The van der Waals surface area contributed by atoms with Crippen molar-refractivity contribution >= 4 is 0 Å². The summed E-state index contributed by atoms with van der Waals surface area (Å²) in [5.74, 6) is 3.35. The number of fused-ring (bicyclic) bond motifs is 2. The van der Waals surface area contributed by atoms with E-state index in [-0.39, 0.29) is 0 Å². The monoisotopic (exact) mass is 356 g/mol. The van der Waals surface area contributed by atoms with Crippen LogP contribution in [0.1, 0.15) is 11.1 Å². The molecule has 2 heterocycles. The average molecular weight is 356 g/mol. The van der Waals surface area contributed by atoms with Gasteiger partial charge >= 0.3 is 0 Å². The van der Waals surface area contributed by atoms with E-state index < -0.39 is 0 Å². The number of benzene rings is 2. The van der Waals surface area contributed by atoms with E-state index in [1.165, 1.54) is 11.1 Å². The van der Waals surface area contributed by atoms with Crippen molar-refractivity contribution in [1.82, 2.24) is 9.80 Å². The second-order valence-corrected chi connectivity index (χ2v) is 6.85. The molecule has 26 heavy (non-hydrogen) atoms. The van der Waals surface area contributed by atoms with Gasteiger partial charge in [-0.1, -0.05) is 12.1 Å². The maximum atomic E-state index is 5.45. The van der Waals surface area contributed by atoms with Crippen LogP contribution in [0.2, 0.25) is 0 Å². The van der Waals surface area contributed by atoms with Crippen LogP contribution in [-0.2, 0) is 13.1 Å². The smallest absolute Gasteiger partial charge is 0.231 e. The Hall–Kier alpha value is -2.44. The van der Waals surface area contributed by atoms with Crippen molar-refractivity contribution in [3.8, 4) is 23.0 Å². The molecule has 0 atom stereocenters. The van der Waals surface area contributed by atoms with Crippen LogP contribution in [0.3, 0.4) is 0 Å². The molecule has 0 amide bonds. The zero-order valence-corrected chi connectivity index (χ0v) is 15.2. The third-order valence-electron chi connectivity index (χ3n) is 4.64. The average Bonchev–Trinajstić information content (AvgIpc) is 3.28. The standard InChI is InChI=1S/C20H24N2O4/c1-21(11-15-3-5-17-19(9-15)25-13-23-17)7-8-22(2)12-16-4-6-18-20(10-16)26-14-24-18/h3-6,9-10H,7-8,11-14H2,1-2H3. The number of ether oxygens (including phenoxy) is 4.